The lowest BCUT2D eigenvalue weighted by atomic mass is 10.2. The second-order valence-corrected chi connectivity index (χ2v) is 4.69. The molecule has 110 valence electrons. The van der Waals surface area contributed by atoms with Crippen molar-refractivity contribution in [2.24, 2.45) is 0 Å². The van der Waals surface area contributed by atoms with Crippen LogP contribution in [0, 0.1) is 5.82 Å². The molecule has 0 atom stereocenters. The molecule has 0 radical (unpaired) electrons. The van der Waals surface area contributed by atoms with E-state index in [0.717, 1.165) is 0 Å². The first-order chi connectivity index (χ1) is 10.0. The number of hydrogen-bond donors (Lipinski definition) is 1. The van der Waals surface area contributed by atoms with Gasteiger partial charge < -0.3 is 15.2 Å². The fraction of sp³-hybridized carbons (Fsp3) is 0.133. The van der Waals surface area contributed by atoms with E-state index in [1.165, 1.54) is 31.4 Å². The molecule has 0 aromatic heterocycles. The Bertz CT molecular complexity index is 676. The molecular weight excluding hydrogens is 297 g/mol. The summed E-state index contributed by atoms with van der Waals surface area (Å²) in [6.07, 6.45) is 0. The van der Waals surface area contributed by atoms with Crippen molar-refractivity contribution in [3.8, 4) is 5.75 Å². The molecule has 2 rings (SSSR count). The number of anilines is 1. The lowest BCUT2D eigenvalue weighted by Gasteiger charge is -2.10. The molecule has 0 bridgehead atoms. The van der Waals surface area contributed by atoms with Gasteiger partial charge in [-0.2, -0.15) is 0 Å². The number of carbonyl (C=O) groups excluding carboxylic acids is 1. The Kier molecular flexibility index (Phi) is 4.65. The Balaban J connectivity index is 2.15. The van der Waals surface area contributed by atoms with Crippen LogP contribution in [0.1, 0.15) is 15.9 Å². The molecule has 0 aliphatic heterocycles. The van der Waals surface area contributed by atoms with E-state index in [4.69, 9.17) is 26.8 Å². The maximum atomic E-state index is 13.0. The van der Waals surface area contributed by atoms with Gasteiger partial charge in [0.25, 0.3) is 0 Å². The Hall–Kier alpha value is -2.27. The second-order valence-electron chi connectivity index (χ2n) is 4.28. The summed E-state index contributed by atoms with van der Waals surface area (Å²) in [6.45, 7) is -0.0538. The van der Waals surface area contributed by atoms with Crippen LogP contribution in [0.2, 0.25) is 5.02 Å². The summed E-state index contributed by atoms with van der Waals surface area (Å²) in [4.78, 5) is 12.1. The molecule has 0 unspecified atom stereocenters. The van der Waals surface area contributed by atoms with Gasteiger partial charge in [0.15, 0.2) is 0 Å². The maximum absolute atomic E-state index is 13.0. The average Bonchev–Trinajstić information content (AvgIpc) is 2.47. The van der Waals surface area contributed by atoms with Crippen molar-refractivity contribution in [3.05, 3.63) is 58.4 Å². The van der Waals surface area contributed by atoms with Crippen LogP contribution in [0.5, 0.6) is 5.75 Å². The first-order valence-electron chi connectivity index (χ1n) is 6.06. The van der Waals surface area contributed by atoms with Gasteiger partial charge in [0.1, 0.15) is 23.7 Å². The predicted octanol–water partition coefficient (Wildman–Crippen LogP) is 3.43. The highest BCUT2D eigenvalue weighted by molar-refractivity contribution is 6.33. The number of halogens is 2. The molecule has 2 N–H and O–H groups in total. The van der Waals surface area contributed by atoms with E-state index in [2.05, 4.69) is 0 Å². The maximum Gasteiger partial charge on any atom is 0.342 e. The number of nitrogens with two attached hydrogens (primary N) is 1. The van der Waals surface area contributed by atoms with E-state index in [0.29, 0.717) is 11.3 Å². The summed E-state index contributed by atoms with van der Waals surface area (Å²) in [6, 6.07) is 8.63. The quantitative estimate of drug-likeness (QED) is 0.694. The van der Waals surface area contributed by atoms with Gasteiger partial charge in [-0.3, -0.25) is 0 Å². The van der Waals surface area contributed by atoms with Gasteiger partial charge in [-0.15, -0.1) is 0 Å². The summed E-state index contributed by atoms with van der Waals surface area (Å²) in [5, 5.41) is 0.230. The van der Waals surface area contributed by atoms with E-state index in [1.54, 1.807) is 12.1 Å². The van der Waals surface area contributed by atoms with Crippen molar-refractivity contribution in [2.45, 2.75) is 6.61 Å². The minimum atomic E-state index is -0.627. The zero-order valence-electron chi connectivity index (χ0n) is 11.2. The first-order valence-corrected chi connectivity index (χ1v) is 6.43. The van der Waals surface area contributed by atoms with Crippen LogP contribution >= 0.6 is 11.6 Å². The third kappa shape index (κ3) is 3.64. The van der Waals surface area contributed by atoms with E-state index in [9.17, 15) is 9.18 Å². The van der Waals surface area contributed by atoms with E-state index >= 15 is 0 Å². The molecule has 4 nitrogen and oxygen atoms in total. The van der Waals surface area contributed by atoms with Gasteiger partial charge in [0.2, 0.25) is 0 Å². The lowest BCUT2D eigenvalue weighted by Crippen LogP contribution is -2.08. The van der Waals surface area contributed by atoms with Crippen LogP contribution in [-0.4, -0.2) is 13.1 Å². The number of methoxy groups -OCH3 is 1. The lowest BCUT2D eigenvalue weighted by molar-refractivity contribution is 0.0468. The SMILES string of the molecule is COc1cc(N)c(Cl)cc1C(=O)OCc1cccc(F)c1. The standard InChI is InChI=1S/C15H13ClFNO3/c1-20-14-7-13(18)12(16)6-11(14)15(19)21-8-9-3-2-4-10(17)5-9/h2-7H,8,18H2,1H3. The highest BCUT2D eigenvalue weighted by atomic mass is 35.5. The average molecular weight is 310 g/mol. The summed E-state index contributed by atoms with van der Waals surface area (Å²) in [7, 11) is 1.41. The molecule has 2 aromatic rings. The van der Waals surface area contributed by atoms with E-state index in [1.807, 2.05) is 0 Å². The molecule has 0 heterocycles. The zero-order chi connectivity index (χ0) is 15.4. The molecule has 0 saturated carbocycles. The number of esters is 1. The molecule has 0 fully saturated rings. The van der Waals surface area contributed by atoms with Crippen LogP contribution in [0.4, 0.5) is 10.1 Å². The largest absolute Gasteiger partial charge is 0.496 e. The highest BCUT2D eigenvalue weighted by Gasteiger charge is 2.16. The minimum Gasteiger partial charge on any atom is -0.496 e. The fourth-order valence-electron chi connectivity index (χ4n) is 1.75. The molecule has 0 aliphatic carbocycles. The smallest absolute Gasteiger partial charge is 0.342 e. The van der Waals surface area contributed by atoms with E-state index < -0.39 is 11.8 Å². The summed E-state index contributed by atoms with van der Waals surface area (Å²) < 4.78 is 23.2. The van der Waals surface area contributed by atoms with Crippen LogP contribution in [0.25, 0.3) is 0 Å². The highest BCUT2D eigenvalue weighted by Crippen LogP contribution is 2.29. The molecule has 21 heavy (non-hydrogen) atoms. The molecule has 6 heteroatoms. The monoisotopic (exact) mass is 309 g/mol. The number of hydrogen-bond acceptors (Lipinski definition) is 4. The summed E-state index contributed by atoms with van der Waals surface area (Å²) in [5.41, 5.74) is 6.65. The number of rotatable bonds is 4. The first kappa shape index (κ1) is 15.1. The van der Waals surface area contributed by atoms with Gasteiger partial charge >= 0.3 is 5.97 Å². The predicted molar refractivity (Wildman–Crippen MR) is 77.9 cm³/mol. The van der Waals surface area contributed by atoms with Gasteiger partial charge in [0.05, 0.1) is 17.8 Å². The Morgan fingerprint density at radius 2 is 2.10 bits per heavy atom. The van der Waals surface area contributed by atoms with Crippen molar-refractivity contribution in [2.75, 3.05) is 12.8 Å². The molecule has 0 aliphatic rings. The minimum absolute atomic E-state index is 0.0538. The normalized spacial score (nSPS) is 10.2. The number of carbonyl (C=O) groups is 1. The van der Waals surface area contributed by atoms with Gasteiger partial charge in [-0.05, 0) is 23.8 Å². The van der Waals surface area contributed by atoms with Crippen LogP contribution in [-0.2, 0) is 11.3 Å². The van der Waals surface area contributed by atoms with Gasteiger partial charge in [-0.1, -0.05) is 23.7 Å². The number of benzene rings is 2. The van der Waals surface area contributed by atoms with Crippen LogP contribution < -0.4 is 10.5 Å². The molecule has 0 amide bonds. The Morgan fingerprint density at radius 1 is 1.33 bits per heavy atom. The third-order valence-corrected chi connectivity index (χ3v) is 3.13. The summed E-state index contributed by atoms with van der Waals surface area (Å²) in [5.74, 6) is -0.754. The number of ether oxygens (including phenoxy) is 2. The fourth-order valence-corrected chi connectivity index (χ4v) is 1.91. The molecule has 0 spiro atoms. The van der Waals surface area contributed by atoms with Gasteiger partial charge in [0, 0.05) is 6.07 Å². The second kappa shape index (κ2) is 6.45. The summed E-state index contributed by atoms with van der Waals surface area (Å²) >= 11 is 5.89. The van der Waals surface area contributed by atoms with Crippen LogP contribution in [0.3, 0.4) is 0 Å². The van der Waals surface area contributed by atoms with Crippen molar-refractivity contribution < 1.29 is 18.7 Å². The topological polar surface area (TPSA) is 61.5 Å². The Morgan fingerprint density at radius 3 is 2.76 bits per heavy atom. The van der Waals surface area contributed by atoms with Crippen molar-refractivity contribution in [3.63, 3.8) is 0 Å². The van der Waals surface area contributed by atoms with Crippen molar-refractivity contribution >= 4 is 23.3 Å². The van der Waals surface area contributed by atoms with Crippen molar-refractivity contribution in [1.29, 1.82) is 0 Å². The van der Waals surface area contributed by atoms with Crippen LogP contribution in [0.15, 0.2) is 36.4 Å². The molecular formula is C15H13ClFNO3. The molecule has 0 saturated heterocycles. The van der Waals surface area contributed by atoms with E-state index in [-0.39, 0.29) is 22.9 Å². The Labute approximate surface area is 126 Å². The zero-order valence-corrected chi connectivity index (χ0v) is 12.0. The third-order valence-electron chi connectivity index (χ3n) is 2.80. The number of nitrogen functional groups attached to an aromatic ring is 1. The van der Waals surface area contributed by atoms with Gasteiger partial charge in [-0.25, -0.2) is 9.18 Å². The molecule has 2 aromatic carbocycles. The van der Waals surface area contributed by atoms with Crippen molar-refractivity contribution in [1.82, 2.24) is 0 Å².